The van der Waals surface area contributed by atoms with Gasteiger partial charge in [-0.3, -0.25) is 4.79 Å². The van der Waals surface area contributed by atoms with E-state index in [-0.39, 0.29) is 5.41 Å². The molecule has 0 spiro atoms. The number of carbonyl (C=O) groups excluding carboxylic acids is 1. The lowest BCUT2D eigenvalue weighted by Gasteiger charge is -2.31. The fourth-order valence-corrected chi connectivity index (χ4v) is 3.45. The van der Waals surface area contributed by atoms with Gasteiger partial charge in [-0.1, -0.05) is 26.2 Å². The van der Waals surface area contributed by atoms with E-state index in [1.165, 1.54) is 32.1 Å². The Morgan fingerprint density at radius 1 is 1.28 bits per heavy atom. The molecule has 0 aromatic rings. The standard InChI is InChI=1S/C15H28N2O/c1-15(9-4-5-10-15)14(18)17(2)12-8-13-7-3-6-11-16-13/h13,16H,3-12H2,1-2H3. The zero-order valence-electron chi connectivity index (χ0n) is 12.0. The first-order chi connectivity index (χ1) is 8.62. The van der Waals surface area contributed by atoms with Crippen molar-refractivity contribution in [2.24, 2.45) is 5.41 Å². The smallest absolute Gasteiger partial charge is 0.228 e. The van der Waals surface area contributed by atoms with E-state index in [0.717, 1.165) is 32.4 Å². The first kappa shape index (κ1) is 13.9. The van der Waals surface area contributed by atoms with Crippen molar-refractivity contribution in [1.82, 2.24) is 10.2 Å². The van der Waals surface area contributed by atoms with Crippen molar-refractivity contribution in [2.45, 2.75) is 64.3 Å². The third-order valence-electron chi connectivity index (χ3n) is 4.80. The molecular weight excluding hydrogens is 224 g/mol. The molecule has 1 amide bonds. The number of amides is 1. The van der Waals surface area contributed by atoms with Crippen LogP contribution in [0.3, 0.4) is 0 Å². The molecule has 18 heavy (non-hydrogen) atoms. The van der Waals surface area contributed by atoms with Gasteiger partial charge in [0.05, 0.1) is 0 Å². The van der Waals surface area contributed by atoms with Crippen LogP contribution >= 0.6 is 0 Å². The van der Waals surface area contributed by atoms with Crippen molar-refractivity contribution in [1.29, 1.82) is 0 Å². The molecule has 0 bridgehead atoms. The molecule has 1 heterocycles. The van der Waals surface area contributed by atoms with Crippen molar-refractivity contribution in [3.8, 4) is 0 Å². The highest BCUT2D eigenvalue weighted by atomic mass is 16.2. The molecule has 1 atom stereocenters. The minimum absolute atomic E-state index is 0.0608. The Morgan fingerprint density at radius 2 is 2.00 bits per heavy atom. The highest BCUT2D eigenvalue weighted by Gasteiger charge is 2.37. The van der Waals surface area contributed by atoms with Crippen LogP contribution in [0, 0.1) is 5.41 Å². The zero-order chi connectivity index (χ0) is 13.0. The molecule has 3 nitrogen and oxygen atoms in total. The van der Waals surface area contributed by atoms with E-state index in [0.29, 0.717) is 11.9 Å². The van der Waals surface area contributed by atoms with Crippen molar-refractivity contribution in [2.75, 3.05) is 20.1 Å². The molecule has 0 aromatic carbocycles. The second kappa shape index (κ2) is 6.05. The van der Waals surface area contributed by atoms with Gasteiger partial charge in [-0.2, -0.15) is 0 Å². The summed E-state index contributed by atoms with van der Waals surface area (Å²) in [6.45, 7) is 4.21. The molecule has 1 aliphatic carbocycles. The summed E-state index contributed by atoms with van der Waals surface area (Å²) in [6, 6.07) is 0.630. The van der Waals surface area contributed by atoms with Crippen molar-refractivity contribution in [3.63, 3.8) is 0 Å². The van der Waals surface area contributed by atoms with Crippen LogP contribution in [0.2, 0.25) is 0 Å². The zero-order valence-corrected chi connectivity index (χ0v) is 12.0. The van der Waals surface area contributed by atoms with Crippen LogP contribution in [0.15, 0.2) is 0 Å². The van der Waals surface area contributed by atoms with Gasteiger partial charge in [-0.05, 0) is 38.6 Å². The summed E-state index contributed by atoms with van der Waals surface area (Å²) < 4.78 is 0. The fourth-order valence-electron chi connectivity index (χ4n) is 3.45. The third-order valence-corrected chi connectivity index (χ3v) is 4.80. The summed E-state index contributed by atoms with van der Waals surface area (Å²) in [5, 5.41) is 3.55. The van der Waals surface area contributed by atoms with Crippen molar-refractivity contribution in [3.05, 3.63) is 0 Å². The Labute approximate surface area is 111 Å². The quantitative estimate of drug-likeness (QED) is 0.834. The molecule has 0 radical (unpaired) electrons. The second-order valence-electron chi connectivity index (χ2n) is 6.43. The lowest BCUT2D eigenvalue weighted by atomic mass is 9.87. The number of hydrogen-bond donors (Lipinski definition) is 1. The van der Waals surface area contributed by atoms with E-state index in [4.69, 9.17) is 0 Å². The van der Waals surface area contributed by atoms with E-state index in [2.05, 4.69) is 12.2 Å². The molecular formula is C15H28N2O. The second-order valence-corrected chi connectivity index (χ2v) is 6.43. The molecule has 1 aliphatic heterocycles. The maximum absolute atomic E-state index is 12.4. The van der Waals surface area contributed by atoms with Gasteiger partial charge in [0.15, 0.2) is 0 Å². The van der Waals surface area contributed by atoms with E-state index in [1.807, 2.05) is 11.9 Å². The lowest BCUT2D eigenvalue weighted by Crippen LogP contribution is -2.42. The van der Waals surface area contributed by atoms with Gasteiger partial charge in [-0.25, -0.2) is 0 Å². The maximum Gasteiger partial charge on any atom is 0.228 e. The highest BCUT2D eigenvalue weighted by molar-refractivity contribution is 5.82. The fraction of sp³-hybridized carbons (Fsp3) is 0.933. The van der Waals surface area contributed by atoms with Gasteiger partial charge in [0.25, 0.3) is 0 Å². The summed E-state index contributed by atoms with van der Waals surface area (Å²) in [6.07, 6.45) is 9.64. The van der Waals surface area contributed by atoms with Crippen LogP contribution in [0.4, 0.5) is 0 Å². The van der Waals surface area contributed by atoms with E-state index in [9.17, 15) is 4.79 Å². The third kappa shape index (κ3) is 3.25. The van der Waals surface area contributed by atoms with Gasteiger partial charge in [-0.15, -0.1) is 0 Å². The minimum Gasteiger partial charge on any atom is -0.345 e. The summed E-state index contributed by atoms with van der Waals surface area (Å²) in [5.41, 5.74) is -0.0608. The average molecular weight is 252 g/mol. The molecule has 104 valence electrons. The number of hydrogen-bond acceptors (Lipinski definition) is 2. The monoisotopic (exact) mass is 252 g/mol. The molecule has 2 fully saturated rings. The van der Waals surface area contributed by atoms with Gasteiger partial charge >= 0.3 is 0 Å². The van der Waals surface area contributed by atoms with E-state index >= 15 is 0 Å². The molecule has 2 aliphatic rings. The van der Waals surface area contributed by atoms with Gasteiger partial charge in [0.1, 0.15) is 0 Å². The van der Waals surface area contributed by atoms with Crippen LogP contribution in [-0.4, -0.2) is 37.0 Å². The summed E-state index contributed by atoms with van der Waals surface area (Å²) in [7, 11) is 1.98. The molecule has 1 N–H and O–H groups in total. The van der Waals surface area contributed by atoms with Crippen LogP contribution in [0.1, 0.15) is 58.3 Å². The van der Waals surface area contributed by atoms with Crippen molar-refractivity contribution >= 4 is 5.91 Å². The van der Waals surface area contributed by atoms with Crippen LogP contribution in [0.5, 0.6) is 0 Å². The van der Waals surface area contributed by atoms with E-state index in [1.54, 1.807) is 0 Å². The minimum atomic E-state index is -0.0608. The molecule has 1 saturated heterocycles. The topological polar surface area (TPSA) is 32.3 Å². The Hall–Kier alpha value is -0.570. The van der Waals surface area contributed by atoms with Gasteiger partial charge in [0, 0.05) is 25.0 Å². The lowest BCUT2D eigenvalue weighted by molar-refractivity contribution is -0.139. The van der Waals surface area contributed by atoms with Crippen molar-refractivity contribution < 1.29 is 4.79 Å². The molecule has 3 heteroatoms. The SMILES string of the molecule is CN(CCC1CCCCN1)C(=O)C1(C)CCCC1. The number of carbonyl (C=O) groups is 1. The Balaban J connectivity index is 1.76. The predicted octanol–water partition coefficient (Wildman–Crippen LogP) is 2.56. The van der Waals surface area contributed by atoms with Crippen LogP contribution < -0.4 is 5.32 Å². The van der Waals surface area contributed by atoms with Gasteiger partial charge in [0.2, 0.25) is 5.91 Å². The first-order valence-corrected chi connectivity index (χ1v) is 7.61. The molecule has 1 unspecified atom stereocenters. The maximum atomic E-state index is 12.4. The average Bonchev–Trinajstić information content (AvgIpc) is 2.84. The number of piperidine rings is 1. The predicted molar refractivity (Wildman–Crippen MR) is 74.5 cm³/mol. The Bertz CT molecular complexity index is 278. The van der Waals surface area contributed by atoms with Crippen LogP contribution in [0.25, 0.3) is 0 Å². The first-order valence-electron chi connectivity index (χ1n) is 7.61. The Kier molecular flexibility index (Phi) is 4.66. The normalized spacial score (nSPS) is 27.1. The number of rotatable bonds is 4. The number of nitrogens with zero attached hydrogens (tertiary/aromatic N) is 1. The van der Waals surface area contributed by atoms with Gasteiger partial charge < -0.3 is 10.2 Å². The summed E-state index contributed by atoms with van der Waals surface area (Å²) in [4.78, 5) is 14.4. The van der Waals surface area contributed by atoms with E-state index < -0.39 is 0 Å². The summed E-state index contributed by atoms with van der Waals surface area (Å²) >= 11 is 0. The Morgan fingerprint density at radius 3 is 2.61 bits per heavy atom. The molecule has 0 aromatic heterocycles. The highest BCUT2D eigenvalue weighted by Crippen LogP contribution is 2.38. The number of nitrogens with one attached hydrogen (secondary N) is 1. The molecule has 1 saturated carbocycles. The molecule has 2 rings (SSSR count). The largest absolute Gasteiger partial charge is 0.345 e. The summed E-state index contributed by atoms with van der Waals surface area (Å²) in [5.74, 6) is 0.371. The van der Waals surface area contributed by atoms with Crippen LogP contribution in [-0.2, 0) is 4.79 Å².